The summed E-state index contributed by atoms with van der Waals surface area (Å²) in [6, 6.07) is 14.4. The van der Waals surface area contributed by atoms with Crippen LogP contribution in [0.2, 0.25) is 5.02 Å². The largest absolute Gasteiger partial charge is 0.506 e. The van der Waals surface area contributed by atoms with Gasteiger partial charge in [-0.1, -0.05) is 55.8 Å². The molecule has 0 saturated heterocycles. The Kier molecular flexibility index (Phi) is 8.27. The number of hydrogen-bond acceptors (Lipinski definition) is 7. The van der Waals surface area contributed by atoms with Gasteiger partial charge in [0.1, 0.15) is 46.7 Å². The lowest BCUT2D eigenvalue weighted by Gasteiger charge is -2.54. The molecule has 2 bridgehead atoms. The second-order valence-electron chi connectivity index (χ2n) is 11.4. The molecule has 6 unspecified atom stereocenters. The summed E-state index contributed by atoms with van der Waals surface area (Å²) in [7, 11) is 1.46. The zero-order valence-electron chi connectivity index (χ0n) is 23.3. The number of benzene rings is 2. The smallest absolute Gasteiger partial charge is 0.141 e. The van der Waals surface area contributed by atoms with Crippen LogP contribution in [0, 0.1) is 46.3 Å². The predicted molar refractivity (Wildman–Crippen MR) is 155 cm³/mol. The average Bonchev–Trinajstić information content (AvgIpc) is 2.96. The minimum atomic E-state index is -1.12. The van der Waals surface area contributed by atoms with E-state index < -0.39 is 11.7 Å². The fraction of sp³-hybridized carbons (Fsp3) is 0.394. The van der Waals surface area contributed by atoms with Crippen LogP contribution in [0.1, 0.15) is 62.3 Å². The van der Waals surface area contributed by atoms with Gasteiger partial charge in [-0.15, -0.1) is 0 Å². The molecular formula is C33H33ClN2O5. The Labute approximate surface area is 245 Å². The van der Waals surface area contributed by atoms with Crippen LogP contribution in [0.25, 0.3) is 11.6 Å². The number of para-hydroxylation sites is 1. The van der Waals surface area contributed by atoms with Gasteiger partial charge in [-0.05, 0) is 73.6 Å². The number of allylic oxidation sites excluding steroid dienone is 4. The summed E-state index contributed by atoms with van der Waals surface area (Å²) in [6.07, 6.45) is 7.73. The third-order valence-corrected chi connectivity index (χ3v) is 9.27. The van der Waals surface area contributed by atoms with Crippen molar-refractivity contribution in [1.29, 1.82) is 10.5 Å². The van der Waals surface area contributed by atoms with E-state index in [1.54, 1.807) is 48.6 Å². The molecule has 3 aliphatic rings. The SMILES string of the molecule is COOC1(C(O)c2ccc(/C=C/C3=CC(=C(C#N)C#N)c4ccccc4O3)c(O)c2Cl)C(C)CC2CC(C)CC1C2. The van der Waals surface area contributed by atoms with Crippen molar-refractivity contribution in [2.24, 2.45) is 23.7 Å². The van der Waals surface area contributed by atoms with Gasteiger partial charge in [0.25, 0.3) is 0 Å². The number of aliphatic hydroxyl groups is 1. The summed E-state index contributed by atoms with van der Waals surface area (Å²) in [5, 5.41) is 41.9. The maximum atomic E-state index is 11.8. The zero-order chi connectivity index (χ0) is 29.3. The summed E-state index contributed by atoms with van der Waals surface area (Å²) in [4.78, 5) is 11.2. The van der Waals surface area contributed by atoms with Gasteiger partial charge >= 0.3 is 0 Å². The third kappa shape index (κ3) is 5.16. The Morgan fingerprint density at radius 2 is 1.85 bits per heavy atom. The van der Waals surface area contributed by atoms with Crippen LogP contribution >= 0.6 is 11.6 Å². The van der Waals surface area contributed by atoms with Crippen LogP contribution in [0.4, 0.5) is 0 Å². The number of nitrogens with zero attached hydrogens (tertiary/aromatic N) is 2. The lowest BCUT2D eigenvalue weighted by molar-refractivity contribution is -0.402. The van der Waals surface area contributed by atoms with E-state index in [9.17, 15) is 20.7 Å². The Morgan fingerprint density at radius 3 is 2.59 bits per heavy atom. The lowest BCUT2D eigenvalue weighted by Crippen LogP contribution is -2.57. The van der Waals surface area contributed by atoms with Gasteiger partial charge in [-0.25, -0.2) is 9.78 Å². The molecule has 212 valence electrons. The average molecular weight is 573 g/mol. The lowest BCUT2D eigenvalue weighted by atomic mass is 9.56. The van der Waals surface area contributed by atoms with Crippen LogP contribution in [0.5, 0.6) is 11.5 Å². The fourth-order valence-electron chi connectivity index (χ4n) is 7.17. The number of ether oxygens (including phenoxy) is 1. The minimum Gasteiger partial charge on any atom is -0.506 e. The van der Waals surface area contributed by atoms with E-state index in [0.29, 0.717) is 45.6 Å². The minimum absolute atomic E-state index is 0.0127. The molecule has 0 spiro atoms. The van der Waals surface area contributed by atoms with Gasteiger partial charge in [0, 0.05) is 22.3 Å². The first-order valence-electron chi connectivity index (χ1n) is 13.9. The summed E-state index contributed by atoms with van der Waals surface area (Å²) in [5.74, 6) is 1.91. The van der Waals surface area contributed by atoms with E-state index in [1.807, 2.05) is 18.2 Å². The van der Waals surface area contributed by atoms with Crippen molar-refractivity contribution in [1.82, 2.24) is 0 Å². The highest BCUT2D eigenvalue weighted by molar-refractivity contribution is 6.33. The highest BCUT2D eigenvalue weighted by Gasteiger charge is 2.57. The third-order valence-electron chi connectivity index (χ3n) is 8.87. The van der Waals surface area contributed by atoms with Crippen LogP contribution in [0.15, 0.2) is 59.9 Å². The Balaban J connectivity index is 1.47. The molecular weight excluding hydrogens is 540 g/mol. The zero-order valence-corrected chi connectivity index (χ0v) is 24.1. The number of nitriles is 2. The van der Waals surface area contributed by atoms with Crippen molar-refractivity contribution in [2.45, 2.75) is 51.2 Å². The highest BCUT2D eigenvalue weighted by Crippen LogP contribution is 2.57. The van der Waals surface area contributed by atoms with Gasteiger partial charge in [-0.2, -0.15) is 10.5 Å². The number of halogens is 1. The number of aromatic hydroxyl groups is 1. The van der Waals surface area contributed by atoms with Crippen LogP contribution in [-0.2, 0) is 9.78 Å². The Hall–Kier alpha value is -3.59. The molecule has 2 fully saturated rings. The van der Waals surface area contributed by atoms with Crippen molar-refractivity contribution >= 4 is 23.3 Å². The van der Waals surface area contributed by atoms with Gasteiger partial charge < -0.3 is 14.9 Å². The maximum Gasteiger partial charge on any atom is 0.141 e. The topological polar surface area (TPSA) is 116 Å². The van der Waals surface area contributed by atoms with Crippen molar-refractivity contribution in [2.75, 3.05) is 7.11 Å². The van der Waals surface area contributed by atoms with E-state index in [2.05, 4.69) is 13.8 Å². The molecule has 41 heavy (non-hydrogen) atoms. The maximum absolute atomic E-state index is 11.8. The van der Waals surface area contributed by atoms with Gasteiger partial charge in [-0.3, -0.25) is 0 Å². The summed E-state index contributed by atoms with van der Waals surface area (Å²) in [5.41, 5.74) is 0.867. The normalized spacial score (nSPS) is 27.7. The number of phenolic OH excluding ortho intramolecular Hbond substituents is 1. The molecule has 0 radical (unpaired) electrons. The van der Waals surface area contributed by atoms with E-state index >= 15 is 0 Å². The molecule has 2 aromatic carbocycles. The predicted octanol–water partition coefficient (Wildman–Crippen LogP) is 7.28. The summed E-state index contributed by atoms with van der Waals surface area (Å²) < 4.78 is 5.97. The molecule has 7 nitrogen and oxygen atoms in total. The molecule has 8 heteroatoms. The second-order valence-corrected chi connectivity index (χ2v) is 11.8. The fourth-order valence-corrected chi connectivity index (χ4v) is 7.45. The number of hydrogen-bond donors (Lipinski definition) is 2. The molecule has 0 amide bonds. The van der Waals surface area contributed by atoms with Crippen LogP contribution < -0.4 is 4.74 Å². The van der Waals surface area contributed by atoms with Gasteiger partial charge in [0.15, 0.2) is 0 Å². The summed E-state index contributed by atoms with van der Waals surface area (Å²) in [6.45, 7) is 4.33. The molecule has 6 atom stereocenters. The van der Waals surface area contributed by atoms with E-state index in [4.69, 9.17) is 26.1 Å². The van der Waals surface area contributed by atoms with Crippen molar-refractivity contribution in [3.8, 4) is 23.6 Å². The highest BCUT2D eigenvalue weighted by atomic mass is 35.5. The first kappa shape index (κ1) is 28.9. The Morgan fingerprint density at radius 1 is 1.10 bits per heavy atom. The molecule has 1 heterocycles. The standard InChI is InChI=1S/C33H33ClN2O5/c1-19-12-21-14-20(2)33(41-39-3,24(13-19)15-21)32(38)27-11-9-22(31(37)30(27)34)8-10-25-16-28(23(17-35)18-36)26-6-4-5-7-29(26)40-25/h4-11,16,19-21,24,32,37-38H,12-15H2,1-3H3/b10-8+. The summed E-state index contributed by atoms with van der Waals surface area (Å²) >= 11 is 6.71. The van der Waals surface area contributed by atoms with Gasteiger partial charge in [0.2, 0.25) is 0 Å². The van der Waals surface area contributed by atoms with Crippen LogP contribution in [0.3, 0.4) is 0 Å². The molecule has 5 rings (SSSR count). The first-order valence-corrected chi connectivity index (χ1v) is 14.2. The Bertz CT molecular complexity index is 1500. The number of phenols is 1. The van der Waals surface area contributed by atoms with Crippen molar-refractivity contribution in [3.05, 3.63) is 81.6 Å². The number of rotatable bonds is 6. The number of aliphatic hydroxyl groups excluding tert-OH is 1. The molecule has 2 saturated carbocycles. The monoisotopic (exact) mass is 572 g/mol. The van der Waals surface area contributed by atoms with E-state index in [-0.39, 0.29) is 28.2 Å². The van der Waals surface area contributed by atoms with E-state index in [1.165, 1.54) is 13.5 Å². The first-order chi connectivity index (χ1) is 19.7. The molecule has 1 aliphatic heterocycles. The van der Waals surface area contributed by atoms with Gasteiger partial charge in [0.05, 0.1) is 12.1 Å². The second kappa shape index (κ2) is 11.7. The van der Waals surface area contributed by atoms with Crippen molar-refractivity contribution in [3.63, 3.8) is 0 Å². The molecule has 2 aliphatic carbocycles. The van der Waals surface area contributed by atoms with Crippen LogP contribution in [-0.4, -0.2) is 22.9 Å². The van der Waals surface area contributed by atoms with Crippen molar-refractivity contribution < 1.29 is 24.7 Å². The number of fused-ring (bicyclic) bond motifs is 3. The molecule has 2 aromatic rings. The molecule has 2 N–H and O–H groups in total. The molecule has 0 aromatic heterocycles. The van der Waals surface area contributed by atoms with E-state index in [0.717, 1.165) is 19.3 Å². The quantitative estimate of drug-likeness (QED) is 0.212.